The number of benzene rings is 1. The van der Waals surface area contributed by atoms with E-state index in [1.165, 1.54) is 6.07 Å². The summed E-state index contributed by atoms with van der Waals surface area (Å²) in [6, 6.07) is 2.71. The molecule has 0 unspecified atom stereocenters. The summed E-state index contributed by atoms with van der Waals surface area (Å²) in [7, 11) is -5.20. The lowest BCUT2D eigenvalue weighted by atomic mass is 9.78. The molecule has 0 saturated carbocycles. The predicted octanol–water partition coefficient (Wildman–Crippen LogP) is 3.86. The molecule has 1 aromatic carbocycles. The van der Waals surface area contributed by atoms with E-state index in [4.69, 9.17) is 9.31 Å². The Morgan fingerprint density at radius 1 is 1.00 bits per heavy atom. The molecule has 1 heterocycles. The van der Waals surface area contributed by atoms with Crippen LogP contribution in [0.2, 0.25) is 0 Å². The number of nitrogens with one attached hydrogen (secondary N) is 1. The molecule has 10 heteroatoms. The normalized spacial score (nSPS) is 19.0. The molecule has 5 nitrogen and oxygen atoms in total. The van der Waals surface area contributed by atoms with E-state index in [9.17, 15) is 21.6 Å². The van der Waals surface area contributed by atoms with Crippen LogP contribution in [0.5, 0.6) is 0 Å². The highest BCUT2D eigenvalue weighted by Crippen LogP contribution is 2.37. The molecule has 0 aromatic heterocycles. The lowest BCUT2D eigenvalue weighted by Crippen LogP contribution is -2.41. The summed E-state index contributed by atoms with van der Waals surface area (Å²) in [4.78, 5) is -0.451. The van der Waals surface area contributed by atoms with Crippen molar-refractivity contribution in [3.05, 3.63) is 23.8 Å². The number of alkyl halides is 3. The molecule has 0 atom stereocenters. The SMILES string of the molecule is CCCCCCNS(=O)(=O)c1cc(B2OC(C)(C)C(C)(C)O2)cc(C(F)(F)F)c1. The van der Waals surface area contributed by atoms with Gasteiger partial charge >= 0.3 is 13.3 Å². The Morgan fingerprint density at radius 2 is 1.59 bits per heavy atom. The second-order valence-electron chi connectivity index (χ2n) is 8.34. The topological polar surface area (TPSA) is 64.6 Å². The molecule has 1 aliphatic heterocycles. The van der Waals surface area contributed by atoms with Gasteiger partial charge in [0.2, 0.25) is 10.0 Å². The van der Waals surface area contributed by atoms with Crippen molar-refractivity contribution < 1.29 is 30.9 Å². The van der Waals surface area contributed by atoms with Gasteiger partial charge < -0.3 is 9.31 Å². The lowest BCUT2D eigenvalue weighted by molar-refractivity contribution is -0.137. The van der Waals surface area contributed by atoms with Gasteiger partial charge in [0.25, 0.3) is 0 Å². The first-order valence-electron chi connectivity index (χ1n) is 9.77. The van der Waals surface area contributed by atoms with Gasteiger partial charge in [-0.3, -0.25) is 0 Å². The van der Waals surface area contributed by atoms with Gasteiger partial charge in [0.05, 0.1) is 21.7 Å². The Hall–Kier alpha value is -1.10. The van der Waals surface area contributed by atoms with Gasteiger partial charge in [-0.05, 0) is 51.7 Å². The Kier molecular flexibility index (Phi) is 7.14. The van der Waals surface area contributed by atoms with Crippen molar-refractivity contribution >= 4 is 22.6 Å². The Bertz CT molecular complexity index is 809. The Labute approximate surface area is 171 Å². The fourth-order valence-corrected chi connectivity index (χ4v) is 4.05. The zero-order valence-corrected chi connectivity index (χ0v) is 18.3. The number of hydrogen-bond acceptors (Lipinski definition) is 4. The summed E-state index contributed by atoms with van der Waals surface area (Å²) < 4.78 is 79.5. The van der Waals surface area contributed by atoms with E-state index in [0.29, 0.717) is 12.5 Å². The van der Waals surface area contributed by atoms with E-state index in [-0.39, 0.29) is 12.0 Å². The zero-order valence-electron chi connectivity index (χ0n) is 17.5. The maximum Gasteiger partial charge on any atom is 0.494 e. The quantitative estimate of drug-likeness (QED) is 0.498. The van der Waals surface area contributed by atoms with Crippen molar-refractivity contribution in [2.45, 2.75) is 82.6 Å². The molecule has 1 aromatic rings. The molecule has 1 saturated heterocycles. The first-order valence-corrected chi connectivity index (χ1v) is 11.3. The van der Waals surface area contributed by atoms with Crippen LogP contribution in [0.25, 0.3) is 0 Å². The summed E-state index contributed by atoms with van der Waals surface area (Å²) in [6.07, 6.45) is -1.27. The molecule has 1 fully saturated rings. The van der Waals surface area contributed by atoms with Gasteiger partial charge in [0.1, 0.15) is 0 Å². The van der Waals surface area contributed by atoms with Crippen LogP contribution >= 0.6 is 0 Å². The van der Waals surface area contributed by atoms with Gasteiger partial charge in [-0.1, -0.05) is 32.3 Å². The second-order valence-corrected chi connectivity index (χ2v) is 10.1. The average molecular weight is 435 g/mol. The van der Waals surface area contributed by atoms with E-state index in [0.717, 1.165) is 25.3 Å². The first-order chi connectivity index (χ1) is 13.2. The summed E-state index contributed by atoms with van der Waals surface area (Å²) in [5, 5.41) is 0. The molecule has 1 aliphatic rings. The molecule has 2 rings (SSSR count). The van der Waals surface area contributed by atoms with Crippen LogP contribution < -0.4 is 10.2 Å². The molecule has 0 radical (unpaired) electrons. The molecule has 0 aliphatic carbocycles. The van der Waals surface area contributed by atoms with Crippen LogP contribution in [0.4, 0.5) is 13.2 Å². The van der Waals surface area contributed by atoms with Gasteiger partial charge in [-0.25, -0.2) is 13.1 Å². The molecular weight excluding hydrogens is 406 g/mol. The fraction of sp³-hybridized carbons (Fsp3) is 0.684. The Morgan fingerprint density at radius 3 is 2.10 bits per heavy atom. The van der Waals surface area contributed by atoms with Gasteiger partial charge in [0, 0.05) is 6.54 Å². The lowest BCUT2D eigenvalue weighted by Gasteiger charge is -2.32. The van der Waals surface area contributed by atoms with Gasteiger partial charge in [-0.15, -0.1) is 0 Å². The number of rotatable bonds is 8. The predicted molar refractivity (Wildman–Crippen MR) is 106 cm³/mol. The van der Waals surface area contributed by atoms with Gasteiger partial charge in [0.15, 0.2) is 0 Å². The number of unbranched alkanes of at least 4 members (excludes halogenated alkanes) is 3. The Balaban J connectivity index is 2.35. The number of sulfonamides is 1. The second kappa shape index (κ2) is 8.57. The van der Waals surface area contributed by atoms with E-state index in [2.05, 4.69) is 4.72 Å². The smallest absolute Gasteiger partial charge is 0.399 e. The summed E-state index contributed by atoms with van der Waals surface area (Å²) >= 11 is 0. The first kappa shape index (κ1) is 24.2. The van der Waals surface area contributed by atoms with Crippen LogP contribution in [0.15, 0.2) is 23.1 Å². The number of halogens is 3. The van der Waals surface area contributed by atoms with Gasteiger partial charge in [-0.2, -0.15) is 13.2 Å². The van der Waals surface area contributed by atoms with Crippen LogP contribution in [0.1, 0.15) is 65.9 Å². The van der Waals surface area contributed by atoms with E-state index >= 15 is 0 Å². The van der Waals surface area contributed by atoms with E-state index in [1.54, 1.807) is 27.7 Å². The molecule has 0 bridgehead atoms. The highest BCUT2D eigenvalue weighted by Gasteiger charge is 2.52. The van der Waals surface area contributed by atoms with Crippen molar-refractivity contribution in [3.63, 3.8) is 0 Å². The minimum absolute atomic E-state index is 0.0184. The van der Waals surface area contributed by atoms with E-state index < -0.39 is 45.0 Å². The zero-order chi connectivity index (χ0) is 22.1. The van der Waals surface area contributed by atoms with Crippen molar-refractivity contribution in [3.8, 4) is 0 Å². The highest BCUT2D eigenvalue weighted by atomic mass is 32.2. The third-order valence-corrected chi connectivity index (χ3v) is 6.85. The third-order valence-electron chi connectivity index (χ3n) is 5.41. The maximum atomic E-state index is 13.4. The minimum Gasteiger partial charge on any atom is -0.399 e. The molecule has 0 amide bonds. The summed E-state index contributed by atoms with van der Waals surface area (Å²) in [5.74, 6) is 0. The standard InChI is InChI=1S/C19H29BF3NO4S/c1-6-7-8-9-10-24-29(25,26)16-12-14(19(21,22)23)11-15(13-16)20-27-17(2,3)18(4,5)28-20/h11-13,24H,6-10H2,1-5H3. The molecule has 164 valence electrons. The summed E-state index contributed by atoms with van der Waals surface area (Å²) in [5.41, 5.74) is -2.56. The monoisotopic (exact) mass is 435 g/mol. The molecular formula is C19H29BF3NO4S. The van der Waals surface area contributed by atoms with Crippen LogP contribution in [-0.2, 0) is 25.5 Å². The summed E-state index contributed by atoms with van der Waals surface area (Å²) in [6.45, 7) is 9.30. The van der Waals surface area contributed by atoms with Crippen molar-refractivity contribution in [1.82, 2.24) is 4.72 Å². The number of hydrogen-bond donors (Lipinski definition) is 1. The molecule has 1 N–H and O–H groups in total. The minimum atomic E-state index is -4.70. The van der Waals surface area contributed by atoms with E-state index in [1.807, 2.05) is 6.92 Å². The largest absolute Gasteiger partial charge is 0.494 e. The highest BCUT2D eigenvalue weighted by molar-refractivity contribution is 7.89. The van der Waals surface area contributed by atoms with Crippen LogP contribution in [0, 0.1) is 0 Å². The van der Waals surface area contributed by atoms with Crippen molar-refractivity contribution in [2.75, 3.05) is 6.54 Å². The van der Waals surface area contributed by atoms with Crippen molar-refractivity contribution in [1.29, 1.82) is 0 Å². The fourth-order valence-electron chi connectivity index (χ4n) is 2.90. The molecule has 29 heavy (non-hydrogen) atoms. The third kappa shape index (κ3) is 5.74. The van der Waals surface area contributed by atoms with Crippen LogP contribution in [0.3, 0.4) is 0 Å². The van der Waals surface area contributed by atoms with Crippen molar-refractivity contribution in [2.24, 2.45) is 0 Å². The molecule has 0 spiro atoms. The average Bonchev–Trinajstić information content (AvgIpc) is 2.81. The van der Waals surface area contributed by atoms with Crippen LogP contribution in [-0.4, -0.2) is 33.3 Å². The maximum absolute atomic E-state index is 13.4.